The first-order valence-corrected chi connectivity index (χ1v) is 6.09. The van der Waals surface area contributed by atoms with Crippen molar-refractivity contribution in [3.63, 3.8) is 0 Å². The normalized spacial score (nSPS) is 10.7. The average molecular weight is 286 g/mol. The van der Waals surface area contributed by atoms with Crippen molar-refractivity contribution in [2.75, 3.05) is 0 Å². The summed E-state index contributed by atoms with van der Waals surface area (Å²) < 4.78 is 15.8. The van der Waals surface area contributed by atoms with E-state index in [2.05, 4.69) is 15.2 Å². The molecule has 0 aliphatic rings. The van der Waals surface area contributed by atoms with E-state index in [1.807, 2.05) is 6.07 Å². The summed E-state index contributed by atoms with van der Waals surface area (Å²) >= 11 is 0. The summed E-state index contributed by atoms with van der Waals surface area (Å²) in [5, 5.41) is 7.87. The number of pyridine rings is 1. The van der Waals surface area contributed by atoms with Crippen molar-refractivity contribution in [1.29, 1.82) is 0 Å². The van der Waals surface area contributed by atoms with Gasteiger partial charge in [-0.3, -0.25) is 9.48 Å². The van der Waals surface area contributed by atoms with Crippen LogP contribution in [0.3, 0.4) is 0 Å². The van der Waals surface area contributed by atoms with Crippen molar-refractivity contribution in [2.45, 2.75) is 6.54 Å². The van der Waals surface area contributed by atoms with Gasteiger partial charge >= 0.3 is 0 Å². The summed E-state index contributed by atoms with van der Waals surface area (Å²) in [6.07, 6.45) is 6.98. The number of aromatic nitrogens is 5. The van der Waals surface area contributed by atoms with E-state index in [1.54, 1.807) is 23.1 Å². The standard InChI is InChI=1S/C13H11FN6O/c14-11-5-18-20(8-11)12-2-1-9(3-16-12)6-19-7-10(4-17-19)13(15)21/h1-5,7-8H,6H2,(H2,15,21). The minimum atomic E-state index is -0.518. The molecule has 0 aliphatic carbocycles. The van der Waals surface area contributed by atoms with Crippen LogP contribution in [0.2, 0.25) is 0 Å². The van der Waals surface area contributed by atoms with E-state index in [-0.39, 0.29) is 0 Å². The fourth-order valence-corrected chi connectivity index (χ4v) is 1.84. The highest BCUT2D eigenvalue weighted by Crippen LogP contribution is 2.08. The highest BCUT2D eigenvalue weighted by molar-refractivity contribution is 5.92. The summed E-state index contributed by atoms with van der Waals surface area (Å²) in [7, 11) is 0. The lowest BCUT2D eigenvalue weighted by molar-refractivity contribution is 0.1000. The van der Waals surface area contributed by atoms with Crippen molar-refractivity contribution < 1.29 is 9.18 Å². The van der Waals surface area contributed by atoms with E-state index in [4.69, 9.17) is 5.73 Å². The molecule has 106 valence electrons. The van der Waals surface area contributed by atoms with Crippen LogP contribution in [0.1, 0.15) is 15.9 Å². The molecule has 7 nitrogen and oxygen atoms in total. The molecule has 0 saturated heterocycles. The number of carbonyl (C=O) groups excluding carboxylic acids is 1. The lowest BCUT2D eigenvalue weighted by Gasteiger charge is -2.03. The van der Waals surface area contributed by atoms with Gasteiger partial charge in [-0.15, -0.1) is 0 Å². The lowest BCUT2D eigenvalue weighted by Crippen LogP contribution is -2.09. The summed E-state index contributed by atoms with van der Waals surface area (Å²) in [5.74, 6) is -0.423. The Morgan fingerprint density at radius 2 is 2.05 bits per heavy atom. The molecule has 0 radical (unpaired) electrons. The first-order valence-electron chi connectivity index (χ1n) is 6.09. The van der Waals surface area contributed by atoms with E-state index in [0.29, 0.717) is 17.9 Å². The smallest absolute Gasteiger partial charge is 0.251 e. The molecule has 0 bridgehead atoms. The molecule has 0 saturated carbocycles. The monoisotopic (exact) mass is 286 g/mol. The molecule has 21 heavy (non-hydrogen) atoms. The summed E-state index contributed by atoms with van der Waals surface area (Å²) in [6.45, 7) is 0.452. The van der Waals surface area contributed by atoms with E-state index in [0.717, 1.165) is 11.8 Å². The highest BCUT2D eigenvalue weighted by atomic mass is 19.1. The molecule has 3 heterocycles. The SMILES string of the molecule is NC(=O)c1cnn(Cc2ccc(-n3cc(F)cn3)nc2)c1. The zero-order chi connectivity index (χ0) is 14.8. The van der Waals surface area contributed by atoms with Crippen LogP contribution in [0, 0.1) is 5.82 Å². The molecule has 1 amide bonds. The third-order valence-electron chi connectivity index (χ3n) is 2.86. The van der Waals surface area contributed by atoms with Gasteiger partial charge in [0, 0.05) is 12.4 Å². The van der Waals surface area contributed by atoms with E-state index in [9.17, 15) is 9.18 Å². The van der Waals surface area contributed by atoms with Crippen LogP contribution in [0.15, 0.2) is 43.1 Å². The van der Waals surface area contributed by atoms with Crippen LogP contribution in [0.25, 0.3) is 5.82 Å². The van der Waals surface area contributed by atoms with E-state index in [1.165, 1.54) is 17.1 Å². The fraction of sp³-hybridized carbons (Fsp3) is 0.0769. The van der Waals surface area contributed by atoms with Gasteiger partial charge < -0.3 is 5.73 Å². The third-order valence-corrected chi connectivity index (χ3v) is 2.86. The van der Waals surface area contributed by atoms with Crippen LogP contribution in [-0.2, 0) is 6.54 Å². The molecule has 0 spiro atoms. The number of amides is 1. The average Bonchev–Trinajstić information content (AvgIpc) is 3.09. The fourth-order valence-electron chi connectivity index (χ4n) is 1.84. The zero-order valence-electron chi connectivity index (χ0n) is 10.8. The Labute approximate surface area is 118 Å². The van der Waals surface area contributed by atoms with E-state index >= 15 is 0 Å². The second-order valence-electron chi connectivity index (χ2n) is 4.42. The molecule has 0 aromatic carbocycles. The van der Waals surface area contributed by atoms with Crippen LogP contribution < -0.4 is 5.73 Å². The quantitative estimate of drug-likeness (QED) is 0.766. The number of halogens is 1. The molecular weight excluding hydrogens is 275 g/mol. The van der Waals surface area contributed by atoms with Gasteiger partial charge in [-0.1, -0.05) is 6.07 Å². The molecule has 0 unspecified atom stereocenters. The Hall–Kier alpha value is -3.03. The Kier molecular flexibility index (Phi) is 3.19. The molecule has 0 atom stereocenters. The predicted molar refractivity (Wildman–Crippen MR) is 71.2 cm³/mol. The molecule has 8 heteroatoms. The van der Waals surface area contributed by atoms with Gasteiger partial charge in [0.25, 0.3) is 5.91 Å². The Morgan fingerprint density at radius 1 is 1.19 bits per heavy atom. The third kappa shape index (κ3) is 2.78. The second-order valence-corrected chi connectivity index (χ2v) is 4.42. The van der Waals surface area contributed by atoms with Crippen molar-refractivity contribution in [3.8, 4) is 5.82 Å². The number of primary amides is 1. The van der Waals surface area contributed by atoms with Gasteiger partial charge in [0.2, 0.25) is 0 Å². The number of hydrogen-bond acceptors (Lipinski definition) is 4. The zero-order valence-corrected chi connectivity index (χ0v) is 10.8. The Morgan fingerprint density at radius 3 is 2.62 bits per heavy atom. The minimum absolute atomic E-state index is 0.353. The maximum Gasteiger partial charge on any atom is 0.251 e. The first-order chi connectivity index (χ1) is 10.1. The second kappa shape index (κ2) is 5.16. The molecular formula is C13H11FN6O. The first kappa shape index (κ1) is 13.0. The van der Waals surface area contributed by atoms with Crippen LogP contribution in [0.4, 0.5) is 4.39 Å². The van der Waals surface area contributed by atoms with Gasteiger partial charge in [-0.05, 0) is 11.6 Å². The molecule has 2 N–H and O–H groups in total. The molecule has 0 aliphatic heterocycles. The van der Waals surface area contributed by atoms with Crippen molar-refractivity contribution in [3.05, 3.63) is 60.1 Å². The summed E-state index contributed by atoms with van der Waals surface area (Å²) in [4.78, 5) is 15.2. The highest BCUT2D eigenvalue weighted by Gasteiger charge is 2.05. The van der Waals surface area contributed by atoms with Crippen molar-refractivity contribution in [2.24, 2.45) is 5.73 Å². The molecule has 3 aromatic heterocycles. The van der Waals surface area contributed by atoms with Gasteiger partial charge in [0.05, 0.1) is 30.7 Å². The topological polar surface area (TPSA) is 91.6 Å². The largest absolute Gasteiger partial charge is 0.366 e. The summed E-state index contributed by atoms with van der Waals surface area (Å²) in [6, 6.07) is 3.55. The molecule has 0 fully saturated rings. The summed E-state index contributed by atoms with van der Waals surface area (Å²) in [5.41, 5.74) is 6.40. The number of rotatable bonds is 4. The van der Waals surface area contributed by atoms with Gasteiger partial charge in [-0.2, -0.15) is 10.2 Å². The van der Waals surface area contributed by atoms with Gasteiger partial charge in [0.15, 0.2) is 11.6 Å². The van der Waals surface area contributed by atoms with Gasteiger partial charge in [-0.25, -0.2) is 14.1 Å². The maximum absolute atomic E-state index is 12.9. The van der Waals surface area contributed by atoms with Crippen LogP contribution in [0.5, 0.6) is 0 Å². The van der Waals surface area contributed by atoms with Gasteiger partial charge in [0.1, 0.15) is 0 Å². The maximum atomic E-state index is 12.9. The van der Waals surface area contributed by atoms with Crippen LogP contribution >= 0.6 is 0 Å². The van der Waals surface area contributed by atoms with Crippen molar-refractivity contribution in [1.82, 2.24) is 24.5 Å². The van der Waals surface area contributed by atoms with Crippen molar-refractivity contribution >= 4 is 5.91 Å². The van der Waals surface area contributed by atoms with Crippen LogP contribution in [-0.4, -0.2) is 30.5 Å². The Balaban J connectivity index is 1.76. The molecule has 3 rings (SSSR count). The predicted octanol–water partition coefficient (Wildman–Crippen LogP) is 0.750. The lowest BCUT2D eigenvalue weighted by atomic mass is 10.3. The Bertz CT molecular complexity index is 776. The number of nitrogens with zero attached hydrogens (tertiary/aromatic N) is 5. The number of nitrogens with two attached hydrogens (primary N) is 1. The number of hydrogen-bond donors (Lipinski definition) is 1. The molecule has 3 aromatic rings. The van der Waals surface area contributed by atoms with E-state index < -0.39 is 11.7 Å². The minimum Gasteiger partial charge on any atom is -0.366 e. The number of carbonyl (C=O) groups is 1.